The third-order valence-corrected chi connectivity index (χ3v) is 2.44. The summed E-state index contributed by atoms with van der Waals surface area (Å²) in [6.07, 6.45) is 1.36. The van der Waals surface area contributed by atoms with E-state index in [2.05, 4.69) is 5.32 Å². The van der Waals surface area contributed by atoms with Gasteiger partial charge in [-0.25, -0.2) is 0 Å². The van der Waals surface area contributed by atoms with Crippen molar-refractivity contribution in [3.8, 4) is 6.07 Å². The second-order valence-corrected chi connectivity index (χ2v) is 3.62. The Bertz CT molecular complexity index is 367. The second kappa shape index (κ2) is 6.62. The number of carbonyl (C=O) groups is 1. The lowest BCUT2D eigenvalue weighted by Gasteiger charge is -2.07. The van der Waals surface area contributed by atoms with E-state index in [0.29, 0.717) is 13.0 Å². The standard InChI is InChI=1S/C13H16N2O/c1-2-12(10-14)13(16)15-9-8-11-6-4-3-5-7-11/h3-7,12H,2,8-9H2,1H3,(H,15,16). The first-order valence-corrected chi connectivity index (χ1v) is 5.49. The van der Waals surface area contributed by atoms with Crippen molar-refractivity contribution in [3.63, 3.8) is 0 Å². The second-order valence-electron chi connectivity index (χ2n) is 3.62. The number of amides is 1. The smallest absolute Gasteiger partial charge is 0.237 e. The monoisotopic (exact) mass is 216 g/mol. The van der Waals surface area contributed by atoms with E-state index in [-0.39, 0.29) is 5.91 Å². The molecule has 0 fully saturated rings. The lowest BCUT2D eigenvalue weighted by atomic mass is 10.1. The minimum absolute atomic E-state index is 0.166. The zero-order valence-electron chi connectivity index (χ0n) is 9.44. The van der Waals surface area contributed by atoms with Crippen molar-refractivity contribution in [3.05, 3.63) is 35.9 Å². The van der Waals surface area contributed by atoms with Crippen LogP contribution in [0.4, 0.5) is 0 Å². The Morgan fingerprint density at radius 1 is 1.44 bits per heavy atom. The zero-order chi connectivity index (χ0) is 11.8. The van der Waals surface area contributed by atoms with Crippen LogP contribution in [0, 0.1) is 17.2 Å². The number of rotatable bonds is 5. The number of nitrogens with zero attached hydrogens (tertiary/aromatic N) is 1. The molecular formula is C13H16N2O. The maximum atomic E-state index is 11.5. The summed E-state index contributed by atoms with van der Waals surface area (Å²) < 4.78 is 0. The predicted molar refractivity (Wildman–Crippen MR) is 62.5 cm³/mol. The lowest BCUT2D eigenvalue weighted by Crippen LogP contribution is -2.31. The van der Waals surface area contributed by atoms with Crippen molar-refractivity contribution >= 4 is 5.91 Å². The molecular weight excluding hydrogens is 200 g/mol. The number of nitrogens with one attached hydrogen (secondary N) is 1. The molecule has 1 unspecified atom stereocenters. The Morgan fingerprint density at radius 2 is 2.12 bits per heavy atom. The summed E-state index contributed by atoms with van der Waals surface area (Å²) in [4.78, 5) is 11.5. The summed E-state index contributed by atoms with van der Waals surface area (Å²) in [5.74, 6) is -0.684. The van der Waals surface area contributed by atoms with Gasteiger partial charge in [0.1, 0.15) is 5.92 Å². The van der Waals surface area contributed by atoms with Crippen molar-refractivity contribution < 1.29 is 4.79 Å². The highest BCUT2D eigenvalue weighted by atomic mass is 16.1. The molecule has 1 amide bonds. The molecule has 0 saturated heterocycles. The Morgan fingerprint density at radius 3 is 2.69 bits per heavy atom. The highest BCUT2D eigenvalue weighted by Gasteiger charge is 2.13. The number of benzene rings is 1. The first-order chi connectivity index (χ1) is 7.77. The molecule has 16 heavy (non-hydrogen) atoms. The summed E-state index contributed by atoms with van der Waals surface area (Å²) in [6.45, 7) is 2.42. The average molecular weight is 216 g/mol. The number of hydrogen-bond donors (Lipinski definition) is 1. The average Bonchev–Trinajstić information content (AvgIpc) is 2.32. The van der Waals surface area contributed by atoms with Gasteiger partial charge in [-0.1, -0.05) is 37.3 Å². The van der Waals surface area contributed by atoms with Gasteiger partial charge < -0.3 is 5.32 Å². The van der Waals surface area contributed by atoms with Gasteiger partial charge in [0, 0.05) is 6.54 Å². The van der Waals surface area contributed by atoms with Crippen LogP contribution < -0.4 is 5.32 Å². The third-order valence-electron chi connectivity index (χ3n) is 2.44. The minimum Gasteiger partial charge on any atom is -0.355 e. The highest BCUT2D eigenvalue weighted by molar-refractivity contribution is 5.80. The summed E-state index contributed by atoms with van der Waals surface area (Å²) in [7, 11) is 0. The van der Waals surface area contributed by atoms with E-state index in [9.17, 15) is 4.79 Å². The fourth-order valence-electron chi connectivity index (χ4n) is 1.43. The molecule has 3 nitrogen and oxygen atoms in total. The fourth-order valence-corrected chi connectivity index (χ4v) is 1.43. The number of carbonyl (C=O) groups excluding carboxylic acids is 1. The van der Waals surface area contributed by atoms with Crippen LogP contribution in [0.2, 0.25) is 0 Å². The number of nitriles is 1. The van der Waals surface area contributed by atoms with E-state index in [4.69, 9.17) is 5.26 Å². The van der Waals surface area contributed by atoms with Gasteiger partial charge in [-0.3, -0.25) is 4.79 Å². The van der Waals surface area contributed by atoms with Crippen LogP contribution in [0.25, 0.3) is 0 Å². The van der Waals surface area contributed by atoms with Gasteiger partial charge in [-0.2, -0.15) is 5.26 Å². The highest BCUT2D eigenvalue weighted by Crippen LogP contribution is 2.01. The molecule has 0 radical (unpaired) electrons. The van der Waals surface area contributed by atoms with Crippen LogP contribution in [0.15, 0.2) is 30.3 Å². The minimum atomic E-state index is -0.518. The molecule has 0 aromatic heterocycles. The van der Waals surface area contributed by atoms with Crippen molar-refractivity contribution in [2.75, 3.05) is 6.54 Å². The Labute approximate surface area is 96.1 Å². The maximum Gasteiger partial charge on any atom is 0.237 e. The van der Waals surface area contributed by atoms with Gasteiger partial charge in [0.15, 0.2) is 0 Å². The van der Waals surface area contributed by atoms with E-state index < -0.39 is 5.92 Å². The van der Waals surface area contributed by atoms with Gasteiger partial charge in [0.25, 0.3) is 0 Å². The Balaban J connectivity index is 2.31. The van der Waals surface area contributed by atoms with E-state index in [1.165, 1.54) is 5.56 Å². The molecule has 0 aliphatic heterocycles. The SMILES string of the molecule is CCC(C#N)C(=O)NCCc1ccccc1. The number of hydrogen-bond acceptors (Lipinski definition) is 2. The van der Waals surface area contributed by atoms with Gasteiger partial charge in [-0.15, -0.1) is 0 Å². The van der Waals surface area contributed by atoms with Crippen molar-refractivity contribution in [1.29, 1.82) is 5.26 Å². The maximum absolute atomic E-state index is 11.5. The molecule has 0 aliphatic rings. The van der Waals surface area contributed by atoms with Crippen LogP contribution in [-0.2, 0) is 11.2 Å². The summed E-state index contributed by atoms with van der Waals surface area (Å²) in [5.41, 5.74) is 1.19. The van der Waals surface area contributed by atoms with Gasteiger partial charge >= 0.3 is 0 Å². The van der Waals surface area contributed by atoms with E-state index >= 15 is 0 Å². The van der Waals surface area contributed by atoms with E-state index in [1.54, 1.807) is 0 Å². The first-order valence-electron chi connectivity index (χ1n) is 5.49. The molecule has 0 heterocycles. The van der Waals surface area contributed by atoms with Crippen molar-refractivity contribution in [2.45, 2.75) is 19.8 Å². The molecule has 1 rings (SSSR count). The zero-order valence-corrected chi connectivity index (χ0v) is 9.44. The summed E-state index contributed by atoms with van der Waals surface area (Å²) in [6, 6.07) is 11.9. The normalized spacial score (nSPS) is 11.5. The van der Waals surface area contributed by atoms with Gasteiger partial charge in [-0.05, 0) is 18.4 Å². The van der Waals surface area contributed by atoms with E-state index in [0.717, 1.165) is 6.42 Å². The van der Waals surface area contributed by atoms with Crippen LogP contribution in [0.3, 0.4) is 0 Å². The summed E-state index contributed by atoms with van der Waals surface area (Å²) in [5, 5.41) is 11.5. The molecule has 1 aromatic carbocycles. The molecule has 0 aliphatic carbocycles. The van der Waals surface area contributed by atoms with Crippen LogP contribution in [-0.4, -0.2) is 12.5 Å². The summed E-state index contributed by atoms with van der Waals surface area (Å²) >= 11 is 0. The molecule has 1 N–H and O–H groups in total. The Hall–Kier alpha value is -1.82. The molecule has 1 aromatic rings. The molecule has 0 spiro atoms. The molecule has 84 valence electrons. The fraction of sp³-hybridized carbons (Fsp3) is 0.385. The van der Waals surface area contributed by atoms with E-state index in [1.807, 2.05) is 43.3 Å². The predicted octanol–water partition coefficient (Wildman–Crippen LogP) is 1.90. The van der Waals surface area contributed by atoms with Gasteiger partial charge in [0.2, 0.25) is 5.91 Å². The largest absolute Gasteiger partial charge is 0.355 e. The Kier molecular flexibility index (Phi) is 5.07. The molecule has 3 heteroatoms. The van der Waals surface area contributed by atoms with Crippen molar-refractivity contribution in [1.82, 2.24) is 5.32 Å². The molecule has 1 atom stereocenters. The van der Waals surface area contributed by atoms with Gasteiger partial charge in [0.05, 0.1) is 6.07 Å². The van der Waals surface area contributed by atoms with Crippen LogP contribution in [0.5, 0.6) is 0 Å². The first kappa shape index (κ1) is 12.3. The molecule has 0 saturated carbocycles. The lowest BCUT2D eigenvalue weighted by molar-refractivity contribution is -0.123. The quantitative estimate of drug-likeness (QED) is 0.817. The topological polar surface area (TPSA) is 52.9 Å². The van der Waals surface area contributed by atoms with Crippen LogP contribution in [0.1, 0.15) is 18.9 Å². The molecule has 0 bridgehead atoms. The third kappa shape index (κ3) is 3.74. The van der Waals surface area contributed by atoms with Crippen LogP contribution >= 0.6 is 0 Å². The van der Waals surface area contributed by atoms with Crippen molar-refractivity contribution in [2.24, 2.45) is 5.92 Å².